The van der Waals surface area contributed by atoms with Crippen LogP contribution in [-0.2, 0) is 0 Å². The van der Waals surface area contributed by atoms with Crippen LogP contribution in [0.1, 0.15) is 0 Å². The Morgan fingerprint density at radius 1 is 0.222 bits per heavy atom. The van der Waals surface area contributed by atoms with E-state index in [1.54, 1.807) is 24.3 Å². The summed E-state index contributed by atoms with van der Waals surface area (Å²) in [6.07, 6.45) is 0. The summed E-state index contributed by atoms with van der Waals surface area (Å²) in [5.74, 6) is -1.48. The lowest BCUT2D eigenvalue weighted by Crippen LogP contribution is -2.01. The fourth-order valence-corrected chi connectivity index (χ4v) is 11.0. The molecule has 72 heavy (non-hydrogen) atoms. The summed E-state index contributed by atoms with van der Waals surface area (Å²) in [4.78, 5) is 0. The molecule has 6 heteroatoms. The number of aromatic nitrogens is 2. The van der Waals surface area contributed by atoms with E-state index in [-0.39, 0.29) is 23.3 Å². The molecule has 0 saturated carbocycles. The van der Waals surface area contributed by atoms with Gasteiger partial charge in [0.05, 0.1) is 22.4 Å². The zero-order valence-electron chi connectivity index (χ0n) is 38.5. The van der Waals surface area contributed by atoms with Gasteiger partial charge in [0, 0.05) is 44.4 Å². The molecule has 2 nitrogen and oxygen atoms in total. The maximum Gasteiger partial charge on any atom is 0.123 e. The largest absolute Gasteiger partial charge is 0.309 e. The van der Waals surface area contributed by atoms with Crippen LogP contribution >= 0.6 is 0 Å². The number of para-hydroxylation sites is 2. The molecule has 13 aromatic rings. The number of rotatable bonds is 8. The van der Waals surface area contributed by atoms with Gasteiger partial charge in [0.2, 0.25) is 0 Å². The normalized spacial score (nSPS) is 11.6. The number of hydrogen-bond donors (Lipinski definition) is 0. The predicted octanol–water partition coefficient (Wildman–Crippen LogP) is 18.4. The Labute approximate surface area is 412 Å². The van der Waals surface area contributed by atoms with Crippen LogP contribution in [0.5, 0.6) is 0 Å². The summed E-state index contributed by atoms with van der Waals surface area (Å²) < 4.78 is 65.4. The lowest BCUT2D eigenvalue weighted by atomic mass is 9.85. The summed E-state index contributed by atoms with van der Waals surface area (Å²) >= 11 is 0. The molecule has 0 saturated heterocycles. The van der Waals surface area contributed by atoms with Crippen molar-refractivity contribution in [2.75, 3.05) is 0 Å². The SMILES string of the molecule is Fc1cccc(-c2c(-c3cccc(F)c3)n(-c3ccc4c(-c5ccccc5)c5cc(-n6c(-c7cccc(F)c7)c(-c7cccc(F)c7)c7ccccc76)ccc5c(-c5ccccc5)c4c3)c3ccccc23)c1. The molecule has 0 N–H and O–H groups in total. The van der Waals surface area contributed by atoms with Gasteiger partial charge in [-0.1, -0.05) is 158 Å². The molecule has 11 aromatic carbocycles. The topological polar surface area (TPSA) is 9.86 Å². The minimum Gasteiger partial charge on any atom is -0.309 e. The van der Waals surface area contributed by atoms with E-state index >= 15 is 17.6 Å². The minimum absolute atomic E-state index is 0.363. The first-order valence-electron chi connectivity index (χ1n) is 23.8. The third-order valence-corrected chi connectivity index (χ3v) is 13.9. The van der Waals surface area contributed by atoms with Gasteiger partial charge >= 0.3 is 0 Å². The van der Waals surface area contributed by atoms with Gasteiger partial charge in [-0.05, 0) is 140 Å². The van der Waals surface area contributed by atoms with Crippen LogP contribution in [0, 0.1) is 23.3 Å². The Morgan fingerprint density at radius 3 is 0.944 bits per heavy atom. The van der Waals surface area contributed by atoms with E-state index in [0.717, 1.165) is 99.5 Å². The van der Waals surface area contributed by atoms with E-state index in [2.05, 4.69) is 81.9 Å². The zero-order valence-corrected chi connectivity index (χ0v) is 38.5. The predicted molar refractivity (Wildman–Crippen MR) is 288 cm³/mol. The lowest BCUT2D eigenvalue weighted by Gasteiger charge is -2.21. The molecule has 0 radical (unpaired) electrons. The van der Waals surface area contributed by atoms with Gasteiger partial charge in [-0.2, -0.15) is 0 Å². The molecule has 0 aliphatic heterocycles. The van der Waals surface area contributed by atoms with Crippen molar-refractivity contribution >= 4 is 43.4 Å². The highest BCUT2D eigenvalue weighted by atomic mass is 19.1. The molecular weight excluding hydrogens is 897 g/mol. The summed E-state index contributed by atoms with van der Waals surface area (Å²) in [7, 11) is 0. The molecule has 0 unspecified atom stereocenters. The Kier molecular flexibility index (Phi) is 10.3. The van der Waals surface area contributed by atoms with Gasteiger partial charge < -0.3 is 9.13 Å². The van der Waals surface area contributed by atoms with Crippen LogP contribution in [0.3, 0.4) is 0 Å². The molecule has 13 rings (SSSR count). The van der Waals surface area contributed by atoms with Crippen molar-refractivity contribution in [3.05, 3.63) is 266 Å². The maximum atomic E-state index is 15.4. The van der Waals surface area contributed by atoms with Crippen molar-refractivity contribution in [3.63, 3.8) is 0 Å². The number of hydrogen-bond acceptors (Lipinski definition) is 0. The standard InChI is InChI=1S/C66H40F4N2/c67-47-23-11-19-43(35-47)63-55-27-7-9-29-59(55)71(65(63)45-21-13-25-49(69)37-45)51-32-34-54-57(39-51)61(41-15-3-1-4-16-41)53-33-31-52(40-58(53)62(54)42-17-5-2-6-18-42)72-60-30-10-8-28-56(60)64(44-20-12-24-48(68)36-44)66(72)46-22-14-26-50(70)38-46/h1-40H. The maximum absolute atomic E-state index is 15.4. The first-order valence-corrected chi connectivity index (χ1v) is 23.8. The highest BCUT2D eigenvalue weighted by Crippen LogP contribution is 2.49. The van der Waals surface area contributed by atoms with Crippen LogP contribution in [-0.4, -0.2) is 9.13 Å². The van der Waals surface area contributed by atoms with Gasteiger partial charge in [0.1, 0.15) is 23.3 Å². The second-order valence-electron chi connectivity index (χ2n) is 18.1. The van der Waals surface area contributed by atoms with Gasteiger partial charge in [-0.25, -0.2) is 17.6 Å². The van der Waals surface area contributed by atoms with Crippen molar-refractivity contribution in [1.29, 1.82) is 0 Å². The Morgan fingerprint density at radius 2 is 0.556 bits per heavy atom. The molecule has 0 aliphatic rings. The number of fused-ring (bicyclic) bond motifs is 4. The van der Waals surface area contributed by atoms with Gasteiger partial charge in [0.25, 0.3) is 0 Å². The quantitative estimate of drug-likeness (QED) is 0.106. The van der Waals surface area contributed by atoms with E-state index in [0.29, 0.717) is 22.3 Å². The molecular formula is C66H40F4N2. The average Bonchev–Trinajstić information content (AvgIpc) is 3.95. The van der Waals surface area contributed by atoms with E-state index in [9.17, 15) is 0 Å². The van der Waals surface area contributed by atoms with Crippen LogP contribution in [0.25, 0.3) is 122 Å². The molecule has 0 aliphatic carbocycles. The Hall–Kier alpha value is -9.26. The van der Waals surface area contributed by atoms with E-state index in [4.69, 9.17) is 0 Å². The third kappa shape index (κ3) is 7.10. The van der Waals surface area contributed by atoms with Gasteiger partial charge in [0.15, 0.2) is 0 Å². The Bertz CT molecular complexity index is 3990. The molecule has 0 amide bonds. The number of halogens is 4. The summed E-state index contributed by atoms with van der Waals surface area (Å²) in [6, 6.07) is 76.3. The molecule has 0 spiro atoms. The highest BCUT2D eigenvalue weighted by Gasteiger charge is 2.26. The van der Waals surface area contributed by atoms with Gasteiger partial charge in [-0.15, -0.1) is 0 Å². The number of benzene rings is 11. The minimum atomic E-state index is -0.376. The number of nitrogens with zero attached hydrogens (tertiary/aromatic N) is 2. The van der Waals surface area contributed by atoms with E-state index in [1.165, 1.54) is 48.5 Å². The second kappa shape index (κ2) is 17.3. The van der Waals surface area contributed by atoms with Crippen LogP contribution in [0.2, 0.25) is 0 Å². The molecule has 0 fully saturated rings. The van der Waals surface area contributed by atoms with Crippen LogP contribution < -0.4 is 0 Å². The fraction of sp³-hybridized carbons (Fsp3) is 0. The molecule has 342 valence electrons. The molecule has 0 atom stereocenters. The van der Waals surface area contributed by atoms with E-state index < -0.39 is 0 Å². The van der Waals surface area contributed by atoms with Crippen LogP contribution in [0.15, 0.2) is 243 Å². The van der Waals surface area contributed by atoms with E-state index in [1.807, 2.05) is 97.1 Å². The van der Waals surface area contributed by atoms with Crippen LogP contribution in [0.4, 0.5) is 17.6 Å². The lowest BCUT2D eigenvalue weighted by molar-refractivity contribution is 0.627. The summed E-state index contributed by atoms with van der Waals surface area (Å²) in [5, 5.41) is 5.80. The van der Waals surface area contributed by atoms with Crippen molar-refractivity contribution in [2.45, 2.75) is 0 Å². The van der Waals surface area contributed by atoms with Gasteiger partial charge in [-0.3, -0.25) is 0 Å². The summed E-state index contributed by atoms with van der Waals surface area (Å²) in [5.41, 5.74) is 13.3. The molecule has 2 heterocycles. The zero-order chi connectivity index (χ0) is 48.5. The average molecular weight is 937 g/mol. The fourth-order valence-electron chi connectivity index (χ4n) is 11.0. The van der Waals surface area contributed by atoms with Crippen molar-refractivity contribution in [2.24, 2.45) is 0 Å². The van der Waals surface area contributed by atoms with Crippen molar-refractivity contribution in [1.82, 2.24) is 9.13 Å². The van der Waals surface area contributed by atoms with Crippen molar-refractivity contribution < 1.29 is 17.6 Å². The Balaban J connectivity index is 1.15. The third-order valence-electron chi connectivity index (χ3n) is 13.9. The summed E-state index contributed by atoms with van der Waals surface area (Å²) in [6.45, 7) is 0. The monoisotopic (exact) mass is 936 g/mol. The van der Waals surface area contributed by atoms with Crippen molar-refractivity contribution in [3.8, 4) is 78.4 Å². The molecule has 2 aromatic heterocycles. The highest BCUT2D eigenvalue weighted by molar-refractivity contribution is 6.22. The first-order chi connectivity index (χ1) is 35.4. The second-order valence-corrected chi connectivity index (χ2v) is 18.1. The first kappa shape index (κ1) is 42.8. The molecule has 0 bridgehead atoms. The smallest absolute Gasteiger partial charge is 0.123 e.